The lowest BCUT2D eigenvalue weighted by atomic mass is 9.70. The van der Waals surface area contributed by atoms with Gasteiger partial charge in [0.15, 0.2) is 5.58 Å². The fourth-order valence-electron chi connectivity index (χ4n) is 10.9. The third-order valence-corrected chi connectivity index (χ3v) is 13.5. The van der Waals surface area contributed by atoms with Gasteiger partial charge in [0.05, 0.1) is 16.8 Å². The lowest BCUT2D eigenvalue weighted by Gasteiger charge is -2.31. The summed E-state index contributed by atoms with van der Waals surface area (Å²) in [5.41, 5.74) is 21.8. The number of nitrogens with zero attached hydrogens (tertiary/aromatic N) is 1. The monoisotopic (exact) mass is 801 g/mol. The van der Waals surface area contributed by atoms with Crippen LogP contribution >= 0.6 is 0 Å². The van der Waals surface area contributed by atoms with E-state index in [0.717, 1.165) is 50.1 Å². The molecule has 2 nitrogen and oxygen atoms in total. The smallest absolute Gasteiger partial charge is 0.159 e. The Bertz CT molecular complexity index is 3520. The van der Waals surface area contributed by atoms with E-state index >= 15 is 0 Å². The van der Waals surface area contributed by atoms with Crippen molar-refractivity contribution in [3.05, 3.63) is 259 Å². The van der Waals surface area contributed by atoms with E-state index in [9.17, 15) is 0 Å². The number of hydrogen-bond donors (Lipinski definition) is 0. The first-order valence-corrected chi connectivity index (χ1v) is 21.8. The number of anilines is 3. The summed E-state index contributed by atoms with van der Waals surface area (Å²) in [6.07, 6.45) is 0. The van der Waals surface area contributed by atoms with Crippen LogP contribution in [0.25, 0.3) is 77.6 Å². The van der Waals surface area contributed by atoms with E-state index in [1.54, 1.807) is 0 Å². The maximum Gasteiger partial charge on any atom is 0.159 e. The second-order valence-electron chi connectivity index (χ2n) is 16.7. The molecule has 294 valence electrons. The Morgan fingerprint density at radius 2 is 0.825 bits per heavy atom. The predicted molar refractivity (Wildman–Crippen MR) is 261 cm³/mol. The van der Waals surface area contributed by atoms with E-state index in [-0.39, 0.29) is 0 Å². The van der Waals surface area contributed by atoms with Crippen LogP contribution in [-0.2, 0) is 5.41 Å². The molecule has 2 heteroatoms. The number of para-hydroxylation sites is 2. The van der Waals surface area contributed by atoms with Gasteiger partial charge < -0.3 is 9.32 Å². The minimum absolute atomic E-state index is 0.459. The predicted octanol–water partition coefficient (Wildman–Crippen LogP) is 16.4. The van der Waals surface area contributed by atoms with Gasteiger partial charge in [-0.1, -0.05) is 200 Å². The molecule has 11 aromatic rings. The zero-order chi connectivity index (χ0) is 41.5. The average Bonchev–Trinajstić information content (AvgIpc) is 4.00. The zero-order valence-corrected chi connectivity index (χ0v) is 34.4. The van der Waals surface area contributed by atoms with Gasteiger partial charge in [-0.05, 0) is 109 Å². The van der Waals surface area contributed by atoms with Crippen LogP contribution < -0.4 is 4.90 Å². The highest BCUT2D eigenvalue weighted by Crippen LogP contribution is 2.64. The van der Waals surface area contributed by atoms with Crippen LogP contribution in [-0.4, -0.2) is 0 Å². The molecule has 0 unspecified atom stereocenters. The van der Waals surface area contributed by atoms with Gasteiger partial charge in [0.2, 0.25) is 0 Å². The Morgan fingerprint density at radius 3 is 1.54 bits per heavy atom. The van der Waals surface area contributed by atoms with Crippen LogP contribution in [0.1, 0.15) is 22.3 Å². The SMILES string of the molecule is c1ccc(-c2ccc(N(c3ccc(-c4ccccc4)cc3-c3cccc4c3-c3ccccc3C43c4ccccc4-c4ccccc43)c3cccc4c3oc3ccccc34)cc2)cc1. The average molecular weight is 802 g/mol. The van der Waals surface area contributed by atoms with Gasteiger partial charge in [0, 0.05) is 22.0 Å². The van der Waals surface area contributed by atoms with Crippen molar-refractivity contribution in [3.8, 4) is 55.6 Å². The Balaban J connectivity index is 1.12. The number of rotatable bonds is 6. The third-order valence-electron chi connectivity index (χ3n) is 13.5. The van der Waals surface area contributed by atoms with Gasteiger partial charge in [-0.25, -0.2) is 0 Å². The van der Waals surface area contributed by atoms with E-state index in [2.05, 4.69) is 235 Å². The van der Waals surface area contributed by atoms with E-state index < -0.39 is 5.41 Å². The molecule has 10 aromatic carbocycles. The summed E-state index contributed by atoms with van der Waals surface area (Å²) in [5.74, 6) is 0. The third kappa shape index (κ3) is 5.19. The van der Waals surface area contributed by atoms with Crippen molar-refractivity contribution in [2.45, 2.75) is 5.41 Å². The van der Waals surface area contributed by atoms with Crippen molar-refractivity contribution in [2.24, 2.45) is 0 Å². The quantitative estimate of drug-likeness (QED) is 0.167. The molecule has 2 aliphatic rings. The molecule has 0 atom stereocenters. The largest absolute Gasteiger partial charge is 0.454 e. The molecule has 0 radical (unpaired) electrons. The van der Waals surface area contributed by atoms with Crippen LogP contribution in [0.5, 0.6) is 0 Å². The minimum Gasteiger partial charge on any atom is -0.454 e. The van der Waals surface area contributed by atoms with Crippen LogP contribution in [0.2, 0.25) is 0 Å². The highest BCUT2D eigenvalue weighted by Gasteiger charge is 2.52. The van der Waals surface area contributed by atoms with Crippen molar-refractivity contribution in [3.63, 3.8) is 0 Å². The molecule has 0 bridgehead atoms. The molecular weight excluding hydrogens is 763 g/mol. The summed E-state index contributed by atoms with van der Waals surface area (Å²) in [6, 6.07) is 86.5. The molecule has 0 aliphatic heterocycles. The molecule has 2 aliphatic carbocycles. The number of furan rings is 1. The normalized spacial score (nSPS) is 12.9. The summed E-state index contributed by atoms with van der Waals surface area (Å²) in [7, 11) is 0. The Labute approximate surface area is 366 Å². The van der Waals surface area contributed by atoms with E-state index in [4.69, 9.17) is 4.42 Å². The topological polar surface area (TPSA) is 16.4 Å². The Kier molecular flexibility index (Phi) is 7.85. The van der Waals surface area contributed by atoms with Gasteiger partial charge in [-0.3, -0.25) is 0 Å². The van der Waals surface area contributed by atoms with E-state index in [0.29, 0.717) is 0 Å². The Hall–Kier alpha value is -8.20. The second-order valence-corrected chi connectivity index (χ2v) is 16.7. The summed E-state index contributed by atoms with van der Waals surface area (Å²) >= 11 is 0. The first-order valence-electron chi connectivity index (χ1n) is 21.8. The van der Waals surface area contributed by atoms with Crippen LogP contribution in [0.15, 0.2) is 241 Å². The molecule has 0 amide bonds. The van der Waals surface area contributed by atoms with Gasteiger partial charge in [0.1, 0.15) is 5.58 Å². The maximum atomic E-state index is 6.85. The minimum atomic E-state index is -0.459. The van der Waals surface area contributed by atoms with Crippen molar-refractivity contribution < 1.29 is 4.42 Å². The molecule has 13 rings (SSSR count). The standard InChI is InChI=1S/C61H39NO/c1-3-17-40(18-4-1)42-33-36-44(37-34-42)62(57-31-16-26-49-47-23-10-14-32-58(47)63-60(49)57)56-38-35-43(41-19-5-2-6-20-41)39-51(56)48-25-15-30-55-59(48)50-24-9-13-29-54(50)61(55)52-27-11-7-21-45(52)46-22-8-12-28-53(46)61/h1-39H. The first kappa shape index (κ1) is 35.5. The van der Waals surface area contributed by atoms with Crippen molar-refractivity contribution >= 4 is 39.0 Å². The number of hydrogen-bond acceptors (Lipinski definition) is 2. The fourth-order valence-corrected chi connectivity index (χ4v) is 10.9. The first-order chi connectivity index (χ1) is 31.3. The maximum absolute atomic E-state index is 6.85. The Morgan fingerprint density at radius 1 is 0.317 bits per heavy atom. The molecule has 0 saturated carbocycles. The molecule has 0 N–H and O–H groups in total. The molecule has 0 saturated heterocycles. The van der Waals surface area contributed by atoms with Crippen molar-refractivity contribution in [1.29, 1.82) is 0 Å². The number of benzene rings is 10. The zero-order valence-electron chi connectivity index (χ0n) is 34.4. The highest BCUT2D eigenvalue weighted by atomic mass is 16.3. The summed E-state index contributed by atoms with van der Waals surface area (Å²) in [5, 5.41) is 2.19. The lowest BCUT2D eigenvalue weighted by Crippen LogP contribution is -2.25. The van der Waals surface area contributed by atoms with Crippen molar-refractivity contribution in [2.75, 3.05) is 4.90 Å². The molecule has 0 fully saturated rings. The van der Waals surface area contributed by atoms with Crippen LogP contribution in [0.4, 0.5) is 17.1 Å². The molecular formula is C61H39NO. The lowest BCUT2D eigenvalue weighted by molar-refractivity contribution is 0.669. The van der Waals surface area contributed by atoms with Gasteiger partial charge in [-0.2, -0.15) is 0 Å². The van der Waals surface area contributed by atoms with E-state index in [1.165, 1.54) is 66.8 Å². The summed E-state index contributed by atoms with van der Waals surface area (Å²) in [6.45, 7) is 0. The van der Waals surface area contributed by atoms with Crippen LogP contribution in [0, 0.1) is 0 Å². The molecule has 63 heavy (non-hydrogen) atoms. The molecule has 1 spiro atoms. The fraction of sp³-hybridized carbons (Fsp3) is 0.0164. The molecule has 1 aromatic heterocycles. The van der Waals surface area contributed by atoms with Gasteiger partial charge in [0.25, 0.3) is 0 Å². The van der Waals surface area contributed by atoms with Gasteiger partial charge in [-0.15, -0.1) is 0 Å². The summed E-state index contributed by atoms with van der Waals surface area (Å²) < 4.78 is 6.85. The van der Waals surface area contributed by atoms with Crippen LogP contribution in [0.3, 0.4) is 0 Å². The van der Waals surface area contributed by atoms with E-state index in [1.807, 2.05) is 6.07 Å². The molecule has 1 heterocycles. The van der Waals surface area contributed by atoms with Crippen molar-refractivity contribution in [1.82, 2.24) is 0 Å². The highest BCUT2D eigenvalue weighted by molar-refractivity contribution is 6.11. The number of fused-ring (bicyclic) bond motifs is 13. The van der Waals surface area contributed by atoms with Gasteiger partial charge >= 0.3 is 0 Å². The summed E-state index contributed by atoms with van der Waals surface area (Å²) in [4.78, 5) is 2.42. The second kappa shape index (κ2) is 13.9.